The molecule has 0 saturated carbocycles. The van der Waals surface area contributed by atoms with Gasteiger partial charge in [-0.25, -0.2) is 5.01 Å². The molecule has 6 heteroatoms. The third kappa shape index (κ3) is 4.02. The van der Waals surface area contributed by atoms with Crippen LogP contribution in [0, 0.1) is 5.41 Å². The van der Waals surface area contributed by atoms with Crippen molar-refractivity contribution in [2.45, 2.75) is 58.7 Å². The van der Waals surface area contributed by atoms with Gasteiger partial charge in [0.1, 0.15) is 0 Å². The van der Waals surface area contributed by atoms with Crippen molar-refractivity contribution in [1.82, 2.24) is 10.4 Å². The summed E-state index contributed by atoms with van der Waals surface area (Å²) in [5.41, 5.74) is 2.83. The van der Waals surface area contributed by atoms with Crippen LogP contribution in [0.2, 0.25) is 0 Å². The number of hydrazine groups is 1. The lowest BCUT2D eigenvalue weighted by atomic mass is 9.91. The molecule has 152 valence electrons. The highest BCUT2D eigenvalue weighted by atomic mass is 19.4. The number of aryl methyl sites for hydroxylation is 1. The van der Waals surface area contributed by atoms with Gasteiger partial charge < -0.3 is 0 Å². The molecular weight excluding hydrogens is 365 g/mol. The first-order valence-corrected chi connectivity index (χ1v) is 9.80. The van der Waals surface area contributed by atoms with Gasteiger partial charge in [0.2, 0.25) is 5.91 Å². The van der Waals surface area contributed by atoms with Crippen LogP contribution in [0.5, 0.6) is 0 Å². The van der Waals surface area contributed by atoms with Gasteiger partial charge in [0, 0.05) is 6.54 Å². The van der Waals surface area contributed by atoms with Gasteiger partial charge in [-0.2, -0.15) is 13.2 Å². The number of amides is 1. The van der Waals surface area contributed by atoms with E-state index >= 15 is 0 Å². The Bertz CT molecular complexity index is 860. The van der Waals surface area contributed by atoms with Gasteiger partial charge in [0.05, 0.1) is 5.41 Å². The number of carbonyl (C=O) groups is 1. The Balaban J connectivity index is 2.07. The average molecular weight is 392 g/mol. The van der Waals surface area contributed by atoms with Crippen molar-refractivity contribution >= 4 is 16.7 Å². The minimum absolute atomic E-state index is 0.00257. The molecule has 0 aromatic heterocycles. The molecule has 1 heterocycles. The minimum atomic E-state index is -4.51. The highest BCUT2D eigenvalue weighted by Gasteiger charge is 2.51. The second-order valence-electron chi connectivity index (χ2n) is 8.21. The lowest BCUT2D eigenvalue weighted by Gasteiger charge is -2.31. The molecule has 0 aliphatic carbocycles. The number of benzene rings is 2. The molecule has 1 saturated heterocycles. The van der Waals surface area contributed by atoms with Gasteiger partial charge in [-0.05, 0) is 48.6 Å². The summed E-state index contributed by atoms with van der Waals surface area (Å²) in [4.78, 5) is 12.1. The first-order valence-electron chi connectivity index (χ1n) is 9.80. The number of alkyl halides is 3. The monoisotopic (exact) mass is 392 g/mol. The normalized spacial score (nSPS) is 18.4. The Hall–Kier alpha value is -2.08. The van der Waals surface area contributed by atoms with Crippen LogP contribution >= 0.6 is 0 Å². The number of fused-ring (bicyclic) bond motifs is 1. The first-order chi connectivity index (χ1) is 13.1. The first kappa shape index (κ1) is 20.6. The lowest BCUT2D eigenvalue weighted by Crippen LogP contribution is -2.43. The van der Waals surface area contributed by atoms with Crippen molar-refractivity contribution in [3.8, 4) is 0 Å². The third-order valence-corrected chi connectivity index (χ3v) is 5.44. The molecule has 1 aliphatic heterocycles. The van der Waals surface area contributed by atoms with E-state index in [1.807, 2.05) is 18.2 Å². The zero-order valence-corrected chi connectivity index (χ0v) is 16.6. The quantitative estimate of drug-likeness (QED) is 0.654. The fourth-order valence-electron chi connectivity index (χ4n) is 3.90. The number of halogens is 3. The van der Waals surface area contributed by atoms with Crippen LogP contribution < -0.4 is 5.43 Å². The molecule has 1 N–H and O–H groups in total. The van der Waals surface area contributed by atoms with Gasteiger partial charge in [0.25, 0.3) is 0 Å². The van der Waals surface area contributed by atoms with Crippen molar-refractivity contribution in [2.75, 3.05) is 6.54 Å². The van der Waals surface area contributed by atoms with Crippen molar-refractivity contribution < 1.29 is 18.0 Å². The number of hydrogen-bond donors (Lipinski definition) is 1. The van der Waals surface area contributed by atoms with Gasteiger partial charge in [0.15, 0.2) is 6.04 Å². The van der Waals surface area contributed by atoms with Gasteiger partial charge in [-0.1, -0.05) is 56.2 Å². The molecule has 1 fully saturated rings. The predicted molar refractivity (Wildman–Crippen MR) is 105 cm³/mol. The summed E-state index contributed by atoms with van der Waals surface area (Å²) in [6.45, 7) is 5.44. The fourth-order valence-corrected chi connectivity index (χ4v) is 3.90. The van der Waals surface area contributed by atoms with E-state index in [1.165, 1.54) is 0 Å². The summed E-state index contributed by atoms with van der Waals surface area (Å²) < 4.78 is 42.4. The molecular formula is C22H27F3N2O. The summed E-state index contributed by atoms with van der Waals surface area (Å²) in [6, 6.07) is 8.78. The third-order valence-electron chi connectivity index (χ3n) is 5.44. The number of rotatable bonds is 6. The van der Waals surface area contributed by atoms with E-state index in [4.69, 9.17) is 0 Å². The lowest BCUT2D eigenvalue weighted by molar-refractivity contribution is -0.191. The average Bonchev–Trinajstić information content (AvgIpc) is 2.88. The zero-order chi connectivity index (χ0) is 20.5. The number of hydrogen-bond acceptors (Lipinski definition) is 2. The van der Waals surface area contributed by atoms with E-state index in [0.29, 0.717) is 5.39 Å². The molecule has 1 amide bonds. The highest BCUT2D eigenvalue weighted by molar-refractivity contribution is 5.89. The van der Waals surface area contributed by atoms with E-state index in [1.54, 1.807) is 32.0 Å². The van der Waals surface area contributed by atoms with Crippen LogP contribution in [-0.4, -0.2) is 23.6 Å². The molecule has 1 atom stereocenters. The smallest absolute Gasteiger partial charge is 0.287 e. The number of nitrogens with zero attached hydrogens (tertiary/aromatic N) is 1. The Morgan fingerprint density at radius 3 is 2.36 bits per heavy atom. The van der Waals surface area contributed by atoms with Crippen LogP contribution in [0.25, 0.3) is 10.8 Å². The predicted octanol–water partition coefficient (Wildman–Crippen LogP) is 5.55. The number of unbranched alkanes of at least 4 members (excludes halogenated alkanes) is 2. The molecule has 3 nitrogen and oxygen atoms in total. The van der Waals surface area contributed by atoms with Crippen molar-refractivity contribution in [1.29, 1.82) is 0 Å². The fraction of sp³-hybridized carbons (Fsp3) is 0.500. The van der Waals surface area contributed by atoms with Crippen LogP contribution in [0.15, 0.2) is 36.4 Å². The summed E-state index contributed by atoms with van der Waals surface area (Å²) >= 11 is 0. The second kappa shape index (κ2) is 7.74. The summed E-state index contributed by atoms with van der Waals surface area (Å²) in [7, 11) is 0. The molecule has 2 aromatic rings. The van der Waals surface area contributed by atoms with Crippen LogP contribution in [0.4, 0.5) is 13.2 Å². The summed E-state index contributed by atoms with van der Waals surface area (Å²) in [5.74, 6) is -0.387. The molecule has 0 unspecified atom stereocenters. The maximum atomic E-state index is 14.1. The Morgan fingerprint density at radius 2 is 1.79 bits per heavy atom. The maximum absolute atomic E-state index is 14.1. The summed E-state index contributed by atoms with van der Waals surface area (Å²) in [5, 5.41) is 2.49. The summed E-state index contributed by atoms with van der Waals surface area (Å²) in [6.07, 6.45) is -0.468. The van der Waals surface area contributed by atoms with E-state index in [2.05, 4.69) is 12.3 Å². The number of carbonyl (C=O) groups excluding carboxylic acids is 1. The topological polar surface area (TPSA) is 32.3 Å². The van der Waals surface area contributed by atoms with Crippen molar-refractivity contribution in [2.24, 2.45) is 5.41 Å². The van der Waals surface area contributed by atoms with E-state index in [-0.39, 0.29) is 18.0 Å². The molecule has 28 heavy (non-hydrogen) atoms. The Kier molecular flexibility index (Phi) is 5.71. The molecule has 0 radical (unpaired) electrons. The van der Waals surface area contributed by atoms with Crippen molar-refractivity contribution in [3.05, 3.63) is 47.5 Å². The van der Waals surface area contributed by atoms with Crippen LogP contribution in [0.3, 0.4) is 0 Å². The molecule has 1 aliphatic rings. The molecule has 0 spiro atoms. The van der Waals surface area contributed by atoms with E-state index in [0.717, 1.165) is 41.6 Å². The van der Waals surface area contributed by atoms with E-state index in [9.17, 15) is 18.0 Å². The Morgan fingerprint density at radius 1 is 1.11 bits per heavy atom. The largest absolute Gasteiger partial charge is 0.409 e. The maximum Gasteiger partial charge on any atom is 0.409 e. The van der Waals surface area contributed by atoms with Gasteiger partial charge in [-0.15, -0.1) is 0 Å². The second-order valence-corrected chi connectivity index (χ2v) is 8.21. The highest BCUT2D eigenvalue weighted by Crippen LogP contribution is 2.43. The Labute approximate surface area is 163 Å². The van der Waals surface area contributed by atoms with Gasteiger partial charge in [-0.3, -0.25) is 10.2 Å². The molecule has 2 aromatic carbocycles. The molecule has 0 bridgehead atoms. The van der Waals surface area contributed by atoms with E-state index < -0.39 is 17.6 Å². The van der Waals surface area contributed by atoms with Gasteiger partial charge >= 0.3 is 6.18 Å². The van der Waals surface area contributed by atoms with Crippen molar-refractivity contribution in [3.63, 3.8) is 0 Å². The SMILES string of the molecule is CCCCCc1ccc([C@H](N2CC(C)(C)C(=O)N2)C(F)(F)F)c2ccccc12. The van der Waals surface area contributed by atoms with Crippen LogP contribution in [0.1, 0.15) is 57.2 Å². The minimum Gasteiger partial charge on any atom is -0.287 e. The standard InChI is InChI=1S/C22H27F3N2O/c1-4-5-6-9-15-12-13-18(17-11-8-7-10-16(15)17)19(22(23,24)25)27-14-21(2,3)20(28)26-27/h7-8,10-13,19H,4-6,9,14H2,1-3H3,(H,26,28)/t19-/m0/s1. The number of nitrogens with one attached hydrogen (secondary N) is 1. The molecule has 3 rings (SSSR count). The van der Waals surface area contributed by atoms with Crippen LogP contribution in [-0.2, 0) is 11.2 Å². The zero-order valence-electron chi connectivity index (χ0n) is 16.6.